The third kappa shape index (κ3) is 4.26. The zero-order chi connectivity index (χ0) is 17.0. The smallest absolute Gasteiger partial charge is 0.417 e. The lowest BCUT2D eigenvalue weighted by molar-refractivity contribution is -0.137. The summed E-state index contributed by atoms with van der Waals surface area (Å²) in [5.41, 5.74) is 2.16. The van der Waals surface area contributed by atoms with Crippen molar-refractivity contribution in [1.82, 2.24) is 4.98 Å². The number of phenols is 1. The Hall–Kier alpha value is -2.48. The number of phenolic OH excluding ortho intramolecular Hbond substituents is 1. The average molecular weight is 346 g/mol. The van der Waals surface area contributed by atoms with Crippen molar-refractivity contribution in [1.29, 1.82) is 0 Å². The molecule has 5 nitrogen and oxygen atoms in total. The van der Waals surface area contributed by atoms with Crippen LogP contribution in [0.5, 0.6) is 11.5 Å². The number of hydrogen-bond acceptors (Lipinski definition) is 5. The zero-order valence-corrected chi connectivity index (χ0v) is 12.5. The average Bonchev–Trinajstić information content (AvgIpc) is 2.50. The van der Waals surface area contributed by atoms with Gasteiger partial charge in [0, 0.05) is 6.20 Å². The Balaban J connectivity index is 2.09. The molecule has 0 saturated carbocycles. The number of aromatic nitrogens is 1. The number of anilines is 1. The van der Waals surface area contributed by atoms with Crippen molar-refractivity contribution in [3.8, 4) is 11.5 Å². The van der Waals surface area contributed by atoms with E-state index in [0.717, 1.165) is 12.1 Å². The predicted octanol–water partition coefficient (Wildman–Crippen LogP) is 3.91. The van der Waals surface area contributed by atoms with Crippen LogP contribution in [0.2, 0.25) is 5.02 Å². The molecule has 0 saturated heterocycles. The molecule has 1 aromatic heterocycles. The van der Waals surface area contributed by atoms with E-state index < -0.39 is 11.7 Å². The molecule has 2 aromatic rings. The van der Waals surface area contributed by atoms with Gasteiger partial charge >= 0.3 is 6.18 Å². The fourth-order valence-electron chi connectivity index (χ4n) is 1.62. The van der Waals surface area contributed by atoms with Crippen molar-refractivity contribution >= 4 is 23.6 Å². The van der Waals surface area contributed by atoms with Crippen LogP contribution in [-0.4, -0.2) is 23.4 Å². The van der Waals surface area contributed by atoms with E-state index in [-0.39, 0.29) is 22.3 Å². The van der Waals surface area contributed by atoms with E-state index in [2.05, 4.69) is 15.5 Å². The van der Waals surface area contributed by atoms with Crippen LogP contribution in [0.15, 0.2) is 35.6 Å². The number of hydrazone groups is 1. The minimum atomic E-state index is -4.44. The van der Waals surface area contributed by atoms with Crippen LogP contribution in [0.25, 0.3) is 0 Å². The molecule has 0 aliphatic carbocycles. The van der Waals surface area contributed by atoms with Crippen LogP contribution in [0.4, 0.5) is 19.0 Å². The van der Waals surface area contributed by atoms with Gasteiger partial charge in [-0.2, -0.15) is 18.3 Å². The van der Waals surface area contributed by atoms with Gasteiger partial charge in [0.1, 0.15) is 5.82 Å². The Labute approximate surface area is 134 Å². The van der Waals surface area contributed by atoms with E-state index in [1.54, 1.807) is 0 Å². The zero-order valence-electron chi connectivity index (χ0n) is 11.7. The van der Waals surface area contributed by atoms with Crippen LogP contribution in [0.3, 0.4) is 0 Å². The fraction of sp³-hybridized carbons (Fsp3) is 0.143. The predicted molar refractivity (Wildman–Crippen MR) is 80.1 cm³/mol. The van der Waals surface area contributed by atoms with Crippen molar-refractivity contribution in [2.24, 2.45) is 5.10 Å². The maximum atomic E-state index is 12.4. The number of hydrogen-bond donors (Lipinski definition) is 2. The van der Waals surface area contributed by atoms with Crippen LogP contribution in [0, 0.1) is 0 Å². The summed E-state index contributed by atoms with van der Waals surface area (Å²) in [7, 11) is 1.37. The van der Waals surface area contributed by atoms with Gasteiger partial charge < -0.3 is 9.84 Å². The van der Waals surface area contributed by atoms with Gasteiger partial charge in [-0.1, -0.05) is 11.6 Å². The van der Waals surface area contributed by atoms with Gasteiger partial charge in [0.05, 0.1) is 23.9 Å². The molecule has 0 spiro atoms. The number of halogens is 4. The Bertz CT molecular complexity index is 718. The highest BCUT2D eigenvalue weighted by atomic mass is 35.5. The second kappa shape index (κ2) is 6.74. The normalized spacial score (nSPS) is 11.7. The van der Waals surface area contributed by atoms with Crippen LogP contribution < -0.4 is 10.2 Å². The molecule has 0 aliphatic heterocycles. The van der Waals surface area contributed by atoms with Gasteiger partial charge in [0.15, 0.2) is 11.5 Å². The maximum absolute atomic E-state index is 12.4. The number of methoxy groups -OCH3 is 1. The van der Waals surface area contributed by atoms with Crippen molar-refractivity contribution in [3.63, 3.8) is 0 Å². The molecule has 0 bridgehead atoms. The van der Waals surface area contributed by atoms with Crippen molar-refractivity contribution in [2.75, 3.05) is 12.5 Å². The summed E-state index contributed by atoms with van der Waals surface area (Å²) in [5, 5.41) is 13.5. The Morgan fingerprint density at radius 2 is 2.09 bits per heavy atom. The number of nitrogens with one attached hydrogen (secondary N) is 1. The highest BCUT2D eigenvalue weighted by Gasteiger charge is 2.30. The first-order chi connectivity index (χ1) is 10.8. The largest absolute Gasteiger partial charge is 0.503 e. The summed E-state index contributed by atoms with van der Waals surface area (Å²) in [6.07, 6.45) is -2.38. The van der Waals surface area contributed by atoms with Crippen LogP contribution >= 0.6 is 11.6 Å². The highest BCUT2D eigenvalue weighted by Crippen LogP contribution is 2.34. The SMILES string of the molecule is COc1cc(/C=N/Nc2ccc(C(F)(F)F)cn2)cc(Cl)c1O. The molecule has 0 unspecified atom stereocenters. The molecule has 9 heteroatoms. The summed E-state index contributed by atoms with van der Waals surface area (Å²) in [6.45, 7) is 0. The molecule has 1 heterocycles. The van der Waals surface area contributed by atoms with Crippen molar-refractivity contribution in [2.45, 2.75) is 6.18 Å². The van der Waals surface area contributed by atoms with E-state index in [1.165, 1.54) is 25.5 Å². The molecule has 1 aromatic carbocycles. The Morgan fingerprint density at radius 1 is 1.35 bits per heavy atom. The molecule has 2 rings (SSSR count). The van der Waals surface area contributed by atoms with E-state index in [0.29, 0.717) is 11.8 Å². The number of pyridine rings is 1. The molecule has 0 atom stereocenters. The number of alkyl halides is 3. The third-order valence-corrected chi connectivity index (χ3v) is 3.04. The summed E-state index contributed by atoms with van der Waals surface area (Å²) in [4.78, 5) is 3.61. The highest BCUT2D eigenvalue weighted by molar-refractivity contribution is 6.32. The molecular formula is C14H11ClF3N3O2. The minimum Gasteiger partial charge on any atom is -0.503 e. The summed E-state index contributed by atoms with van der Waals surface area (Å²) in [6, 6.07) is 4.99. The first-order valence-electron chi connectivity index (χ1n) is 6.20. The molecule has 23 heavy (non-hydrogen) atoms. The van der Waals surface area contributed by atoms with Gasteiger partial charge in [-0.05, 0) is 29.8 Å². The van der Waals surface area contributed by atoms with Crippen LogP contribution in [-0.2, 0) is 6.18 Å². The van der Waals surface area contributed by atoms with Crippen molar-refractivity contribution in [3.05, 3.63) is 46.6 Å². The molecule has 0 fully saturated rings. The van der Waals surface area contributed by atoms with E-state index in [9.17, 15) is 18.3 Å². The summed E-state index contributed by atoms with van der Waals surface area (Å²) < 4.78 is 42.1. The molecule has 122 valence electrons. The maximum Gasteiger partial charge on any atom is 0.417 e. The van der Waals surface area contributed by atoms with E-state index in [1.807, 2.05) is 0 Å². The third-order valence-electron chi connectivity index (χ3n) is 2.75. The number of nitrogens with zero attached hydrogens (tertiary/aromatic N) is 2. The molecular weight excluding hydrogens is 335 g/mol. The Morgan fingerprint density at radius 3 is 2.65 bits per heavy atom. The summed E-state index contributed by atoms with van der Waals surface area (Å²) >= 11 is 5.82. The molecule has 0 radical (unpaired) electrons. The first kappa shape index (κ1) is 16.9. The standard InChI is InChI=1S/C14H11ClF3N3O2/c1-23-11-5-8(4-10(15)13(11)22)6-20-21-12-3-2-9(7-19-12)14(16,17)18/h2-7,22H,1H3,(H,19,21)/b20-6+. The number of rotatable bonds is 4. The van der Waals surface area contributed by atoms with Gasteiger partial charge in [0.25, 0.3) is 0 Å². The number of aromatic hydroxyl groups is 1. The van der Waals surface area contributed by atoms with Gasteiger partial charge in [-0.25, -0.2) is 4.98 Å². The molecule has 0 aliphatic rings. The van der Waals surface area contributed by atoms with E-state index >= 15 is 0 Å². The second-order valence-corrected chi connectivity index (χ2v) is 4.76. The Kier molecular flexibility index (Phi) is 4.95. The lowest BCUT2D eigenvalue weighted by atomic mass is 10.2. The van der Waals surface area contributed by atoms with Crippen LogP contribution in [0.1, 0.15) is 11.1 Å². The van der Waals surface area contributed by atoms with Gasteiger partial charge in [-0.15, -0.1) is 0 Å². The number of benzene rings is 1. The lowest BCUT2D eigenvalue weighted by Gasteiger charge is -2.07. The minimum absolute atomic E-state index is 0.0819. The fourth-order valence-corrected chi connectivity index (χ4v) is 1.84. The summed E-state index contributed by atoms with van der Waals surface area (Å²) in [5.74, 6) is 0.126. The first-order valence-corrected chi connectivity index (χ1v) is 6.58. The number of ether oxygens (including phenoxy) is 1. The quantitative estimate of drug-likeness (QED) is 0.651. The van der Waals surface area contributed by atoms with Gasteiger partial charge in [-0.3, -0.25) is 5.43 Å². The lowest BCUT2D eigenvalue weighted by Crippen LogP contribution is -2.05. The monoisotopic (exact) mass is 345 g/mol. The van der Waals surface area contributed by atoms with Crippen molar-refractivity contribution < 1.29 is 23.0 Å². The topological polar surface area (TPSA) is 66.7 Å². The molecule has 0 amide bonds. The molecule has 2 N–H and O–H groups in total. The van der Waals surface area contributed by atoms with E-state index in [4.69, 9.17) is 16.3 Å². The second-order valence-electron chi connectivity index (χ2n) is 4.35. The van der Waals surface area contributed by atoms with Gasteiger partial charge in [0.2, 0.25) is 0 Å².